The van der Waals surface area contributed by atoms with Gasteiger partial charge in [0.1, 0.15) is 17.1 Å². The summed E-state index contributed by atoms with van der Waals surface area (Å²) in [5.74, 6) is 3.50. The first-order valence-corrected chi connectivity index (χ1v) is 13.2. The Kier molecular flexibility index (Phi) is 6.98. The van der Waals surface area contributed by atoms with Gasteiger partial charge in [0.05, 0.1) is 0 Å². The molecule has 1 fully saturated rings. The molecule has 38 heavy (non-hydrogen) atoms. The third kappa shape index (κ3) is 5.52. The number of fused-ring (bicyclic) bond motifs is 2. The lowest BCUT2D eigenvalue weighted by Crippen LogP contribution is -2.34. The molecule has 0 atom stereocenters. The van der Waals surface area contributed by atoms with Gasteiger partial charge in [-0.15, -0.1) is 0 Å². The molecule has 6 rings (SSSR count). The molecule has 2 aliphatic heterocycles. The van der Waals surface area contributed by atoms with Crippen LogP contribution in [-0.2, 0) is 17.8 Å². The van der Waals surface area contributed by atoms with E-state index in [1.54, 1.807) is 0 Å². The number of benzene rings is 3. The molecule has 1 saturated heterocycles. The molecule has 194 valence electrons. The average molecular weight is 510 g/mol. The number of nitrogens with one attached hydrogen (secondary N) is 1. The summed E-state index contributed by atoms with van der Waals surface area (Å²) in [6.45, 7) is 2.51. The highest BCUT2D eigenvalue weighted by molar-refractivity contribution is 5.86. The average Bonchev–Trinajstić information content (AvgIpc) is 3.44. The van der Waals surface area contributed by atoms with Crippen LogP contribution in [0.25, 0.3) is 10.9 Å². The lowest BCUT2D eigenvalue weighted by atomic mass is 9.90. The molecular weight excluding hydrogens is 478 g/mol. The number of hydrogen-bond donors (Lipinski definition) is 1. The summed E-state index contributed by atoms with van der Waals surface area (Å²) in [4.78, 5) is 19.8. The van der Waals surface area contributed by atoms with Crippen molar-refractivity contribution in [1.29, 1.82) is 0 Å². The predicted molar refractivity (Wildman–Crippen MR) is 147 cm³/mol. The van der Waals surface area contributed by atoms with Gasteiger partial charge >= 0.3 is 0 Å². The topological polar surface area (TPSA) is 72.9 Å². The van der Waals surface area contributed by atoms with Crippen molar-refractivity contribution < 1.29 is 19.0 Å². The normalized spacial score (nSPS) is 15.0. The number of aromatic nitrogens is 1. The van der Waals surface area contributed by atoms with Crippen LogP contribution < -0.4 is 24.4 Å². The highest BCUT2D eigenvalue weighted by Gasteiger charge is 2.21. The quantitative estimate of drug-likeness (QED) is 0.356. The Bertz CT molecular complexity index is 1420. The minimum absolute atomic E-state index is 0.0829. The zero-order chi connectivity index (χ0) is 25.7. The lowest BCUT2D eigenvalue weighted by molar-refractivity contribution is -0.123. The van der Waals surface area contributed by atoms with Crippen LogP contribution in [0.1, 0.15) is 24.0 Å². The number of ether oxygens (including phenoxy) is 3. The number of carbonyl (C=O) groups excluding carboxylic acids is 1. The van der Waals surface area contributed by atoms with Gasteiger partial charge in [-0.05, 0) is 66.6 Å². The number of amides is 1. The van der Waals surface area contributed by atoms with E-state index in [9.17, 15) is 4.79 Å². The molecule has 0 aliphatic carbocycles. The number of carbonyl (C=O) groups is 1. The fraction of sp³-hybridized carbons (Fsp3) is 0.290. The predicted octanol–water partition coefficient (Wildman–Crippen LogP) is 5.12. The second-order valence-corrected chi connectivity index (χ2v) is 9.87. The van der Waals surface area contributed by atoms with Crippen molar-refractivity contribution in [2.45, 2.75) is 25.8 Å². The summed E-state index contributed by atoms with van der Waals surface area (Å²) in [6.07, 6.45) is 3.43. The molecule has 2 aliphatic rings. The van der Waals surface area contributed by atoms with Gasteiger partial charge in [0.2, 0.25) is 6.79 Å². The van der Waals surface area contributed by atoms with Crippen molar-refractivity contribution in [2.75, 3.05) is 31.4 Å². The van der Waals surface area contributed by atoms with Gasteiger partial charge in [0.15, 0.2) is 18.1 Å². The van der Waals surface area contributed by atoms with E-state index in [4.69, 9.17) is 19.2 Å². The van der Waals surface area contributed by atoms with Crippen LogP contribution >= 0.6 is 0 Å². The number of para-hydroxylation sites is 1. The smallest absolute Gasteiger partial charge is 0.258 e. The first-order valence-electron chi connectivity index (χ1n) is 13.2. The van der Waals surface area contributed by atoms with E-state index in [0.717, 1.165) is 60.4 Å². The van der Waals surface area contributed by atoms with Crippen LogP contribution in [-0.4, -0.2) is 37.4 Å². The molecule has 0 radical (unpaired) electrons. The summed E-state index contributed by atoms with van der Waals surface area (Å²) in [5.41, 5.74) is 3.13. The van der Waals surface area contributed by atoms with Crippen molar-refractivity contribution in [3.05, 3.63) is 90.0 Å². The molecule has 3 heterocycles. The van der Waals surface area contributed by atoms with Crippen LogP contribution in [0.2, 0.25) is 0 Å². The molecule has 7 nitrogen and oxygen atoms in total. The summed E-state index contributed by atoms with van der Waals surface area (Å²) in [6, 6.07) is 26.4. The molecule has 1 N–H and O–H groups in total. The van der Waals surface area contributed by atoms with Gasteiger partial charge in [-0.2, -0.15) is 0 Å². The van der Waals surface area contributed by atoms with E-state index in [1.165, 1.54) is 5.56 Å². The lowest BCUT2D eigenvalue weighted by Gasteiger charge is -2.33. The van der Waals surface area contributed by atoms with Gasteiger partial charge in [-0.3, -0.25) is 4.79 Å². The van der Waals surface area contributed by atoms with Crippen LogP contribution in [0, 0.1) is 5.92 Å². The minimum Gasteiger partial charge on any atom is -0.481 e. The zero-order valence-electron chi connectivity index (χ0n) is 21.3. The second kappa shape index (κ2) is 11.0. The molecule has 1 aromatic heterocycles. The molecule has 0 unspecified atom stereocenters. The molecular formula is C31H31N3O4. The van der Waals surface area contributed by atoms with Gasteiger partial charge in [-0.25, -0.2) is 4.98 Å². The van der Waals surface area contributed by atoms with Gasteiger partial charge in [0, 0.05) is 25.0 Å². The number of anilines is 1. The van der Waals surface area contributed by atoms with Gasteiger partial charge in [-0.1, -0.05) is 48.5 Å². The number of piperidine rings is 1. The maximum absolute atomic E-state index is 12.5. The molecule has 4 aromatic rings. The van der Waals surface area contributed by atoms with Crippen molar-refractivity contribution in [3.63, 3.8) is 0 Å². The van der Waals surface area contributed by atoms with E-state index in [0.29, 0.717) is 24.0 Å². The molecule has 3 aromatic carbocycles. The Balaban J connectivity index is 1.06. The summed E-state index contributed by atoms with van der Waals surface area (Å²) in [7, 11) is 0. The van der Waals surface area contributed by atoms with Gasteiger partial charge < -0.3 is 24.4 Å². The fourth-order valence-corrected chi connectivity index (χ4v) is 5.16. The molecule has 0 spiro atoms. The maximum atomic E-state index is 12.5. The van der Waals surface area contributed by atoms with Crippen molar-refractivity contribution in [3.8, 4) is 17.2 Å². The third-order valence-electron chi connectivity index (χ3n) is 7.26. The Labute approximate surface area is 222 Å². The van der Waals surface area contributed by atoms with E-state index >= 15 is 0 Å². The molecule has 7 heteroatoms. The van der Waals surface area contributed by atoms with Crippen LogP contribution in [0.5, 0.6) is 17.2 Å². The van der Waals surface area contributed by atoms with E-state index in [1.807, 2.05) is 36.4 Å². The van der Waals surface area contributed by atoms with Crippen molar-refractivity contribution in [1.82, 2.24) is 10.3 Å². The number of pyridine rings is 1. The minimum atomic E-state index is -0.198. The van der Waals surface area contributed by atoms with Crippen LogP contribution in [0.4, 0.5) is 5.82 Å². The highest BCUT2D eigenvalue weighted by Crippen LogP contribution is 2.32. The van der Waals surface area contributed by atoms with Crippen molar-refractivity contribution >= 4 is 22.6 Å². The van der Waals surface area contributed by atoms with E-state index in [2.05, 4.69) is 52.7 Å². The molecule has 0 saturated carbocycles. The first-order chi connectivity index (χ1) is 18.7. The van der Waals surface area contributed by atoms with Crippen LogP contribution in [0.3, 0.4) is 0 Å². The molecule has 0 bridgehead atoms. The third-order valence-corrected chi connectivity index (χ3v) is 7.26. The molecule has 1 amide bonds. The monoisotopic (exact) mass is 509 g/mol. The SMILES string of the molecule is O=C(COc1cccc2ccc(N3CCC(Cc4ccccc4)CC3)nc12)NCc1ccc2c(c1)OCO2. The summed E-state index contributed by atoms with van der Waals surface area (Å²) >= 11 is 0. The number of rotatable bonds is 8. The highest BCUT2D eigenvalue weighted by atomic mass is 16.7. The second-order valence-electron chi connectivity index (χ2n) is 9.87. The Morgan fingerprint density at radius 2 is 1.76 bits per heavy atom. The van der Waals surface area contributed by atoms with E-state index < -0.39 is 0 Å². The zero-order valence-corrected chi connectivity index (χ0v) is 21.3. The summed E-state index contributed by atoms with van der Waals surface area (Å²) in [5, 5.41) is 3.90. The largest absolute Gasteiger partial charge is 0.481 e. The standard InChI is InChI=1S/C31H31N3O4/c35-30(32-19-24-9-11-26-28(18-24)38-21-37-26)20-36-27-8-4-7-25-10-12-29(33-31(25)27)34-15-13-23(14-16-34)17-22-5-2-1-3-6-22/h1-12,18,23H,13-17,19-21H2,(H,32,35). The fourth-order valence-electron chi connectivity index (χ4n) is 5.16. The first kappa shape index (κ1) is 24.1. The van der Waals surface area contributed by atoms with Crippen LogP contribution in [0.15, 0.2) is 78.9 Å². The Morgan fingerprint density at radius 1 is 0.921 bits per heavy atom. The Morgan fingerprint density at radius 3 is 2.63 bits per heavy atom. The van der Waals surface area contributed by atoms with Gasteiger partial charge in [0.25, 0.3) is 5.91 Å². The number of hydrogen-bond acceptors (Lipinski definition) is 6. The van der Waals surface area contributed by atoms with Crippen molar-refractivity contribution in [2.24, 2.45) is 5.92 Å². The number of nitrogens with zero attached hydrogens (tertiary/aromatic N) is 2. The Hall–Kier alpha value is -4.26. The van der Waals surface area contributed by atoms with E-state index in [-0.39, 0.29) is 19.3 Å². The maximum Gasteiger partial charge on any atom is 0.258 e. The summed E-state index contributed by atoms with van der Waals surface area (Å²) < 4.78 is 16.7.